The van der Waals surface area contributed by atoms with Crippen LogP contribution in [0, 0.1) is 5.92 Å². The highest BCUT2D eigenvalue weighted by Crippen LogP contribution is 2.27. The fourth-order valence-corrected chi connectivity index (χ4v) is 2.29. The second kappa shape index (κ2) is 8.11. The van der Waals surface area contributed by atoms with Crippen molar-refractivity contribution in [3.63, 3.8) is 0 Å². The molecule has 5 nitrogen and oxygen atoms in total. The van der Waals surface area contributed by atoms with Crippen LogP contribution in [0.5, 0.6) is 0 Å². The van der Waals surface area contributed by atoms with Crippen molar-refractivity contribution in [2.24, 2.45) is 5.92 Å². The van der Waals surface area contributed by atoms with Gasteiger partial charge in [-0.05, 0) is 25.0 Å². The molecule has 0 fully saturated rings. The number of pyridine rings is 1. The Morgan fingerprint density at radius 2 is 2.10 bits per heavy atom. The predicted octanol–water partition coefficient (Wildman–Crippen LogP) is 2.70. The Labute approximate surface area is 127 Å². The molecular weight excluding hydrogens is 298 g/mol. The number of amides is 3. The number of imide groups is 1. The van der Waals surface area contributed by atoms with Crippen LogP contribution in [0.4, 0.5) is 4.79 Å². The molecule has 110 valence electrons. The van der Waals surface area contributed by atoms with E-state index in [-0.39, 0.29) is 5.91 Å². The van der Waals surface area contributed by atoms with Crippen molar-refractivity contribution in [1.82, 2.24) is 15.6 Å². The van der Waals surface area contributed by atoms with E-state index in [1.165, 1.54) is 11.8 Å². The average Bonchev–Trinajstić information content (AvgIpc) is 2.39. The van der Waals surface area contributed by atoms with Crippen LogP contribution in [0.1, 0.15) is 20.8 Å². The van der Waals surface area contributed by atoms with Gasteiger partial charge in [0.05, 0.1) is 10.3 Å². The second-order valence-electron chi connectivity index (χ2n) is 4.64. The molecule has 3 amide bonds. The van der Waals surface area contributed by atoms with Gasteiger partial charge in [0.2, 0.25) is 5.91 Å². The van der Waals surface area contributed by atoms with Gasteiger partial charge in [-0.15, -0.1) is 0 Å². The van der Waals surface area contributed by atoms with Crippen LogP contribution in [-0.2, 0) is 4.79 Å². The summed E-state index contributed by atoms with van der Waals surface area (Å²) in [6.45, 7) is 6.17. The molecule has 0 aromatic carbocycles. The van der Waals surface area contributed by atoms with Crippen LogP contribution in [-0.4, -0.2) is 28.7 Å². The second-order valence-corrected chi connectivity index (χ2v) is 6.38. The summed E-state index contributed by atoms with van der Waals surface area (Å²) >= 11 is 7.18. The highest BCUT2D eigenvalue weighted by Gasteiger charge is 2.18. The first-order valence-electron chi connectivity index (χ1n) is 6.26. The number of hydrogen-bond donors (Lipinski definition) is 2. The number of carbonyl (C=O) groups excluding carboxylic acids is 2. The Balaban J connectivity index is 2.47. The molecule has 0 radical (unpaired) electrons. The normalized spacial score (nSPS) is 12.1. The van der Waals surface area contributed by atoms with Gasteiger partial charge in [0, 0.05) is 12.7 Å². The lowest BCUT2D eigenvalue weighted by Crippen LogP contribution is -2.43. The average molecular weight is 316 g/mol. The summed E-state index contributed by atoms with van der Waals surface area (Å²) < 4.78 is 0. The van der Waals surface area contributed by atoms with Crippen molar-refractivity contribution in [3.8, 4) is 0 Å². The molecule has 0 spiro atoms. The zero-order chi connectivity index (χ0) is 15.1. The van der Waals surface area contributed by atoms with Crippen molar-refractivity contribution >= 4 is 35.3 Å². The predicted molar refractivity (Wildman–Crippen MR) is 80.9 cm³/mol. The molecule has 1 unspecified atom stereocenters. The number of aromatic nitrogens is 1. The maximum Gasteiger partial charge on any atom is 0.321 e. The lowest BCUT2D eigenvalue weighted by molar-refractivity contribution is -0.119. The van der Waals surface area contributed by atoms with Gasteiger partial charge in [-0.2, -0.15) is 0 Å². The molecule has 20 heavy (non-hydrogen) atoms. The summed E-state index contributed by atoms with van der Waals surface area (Å²) in [5, 5.41) is 5.51. The van der Waals surface area contributed by atoms with Crippen molar-refractivity contribution < 1.29 is 9.59 Å². The number of nitrogens with zero attached hydrogens (tertiary/aromatic N) is 1. The third kappa shape index (κ3) is 5.79. The lowest BCUT2D eigenvalue weighted by Gasteiger charge is -2.12. The number of nitrogens with one attached hydrogen (secondary N) is 2. The Hall–Kier alpha value is -1.27. The number of carbonyl (C=O) groups is 2. The first-order chi connectivity index (χ1) is 9.40. The number of rotatable bonds is 5. The SMILES string of the molecule is CC(C)CNC(=O)NC(=O)C(C)Sc1ncccc1Cl. The van der Waals surface area contributed by atoms with Crippen molar-refractivity contribution in [1.29, 1.82) is 0 Å². The van der Waals surface area contributed by atoms with Gasteiger partial charge in [0.25, 0.3) is 0 Å². The fraction of sp³-hybridized carbons (Fsp3) is 0.462. The van der Waals surface area contributed by atoms with Crippen LogP contribution >= 0.6 is 23.4 Å². The lowest BCUT2D eigenvalue weighted by atomic mass is 10.2. The molecule has 0 aliphatic carbocycles. The first kappa shape index (κ1) is 16.8. The van der Waals surface area contributed by atoms with Gasteiger partial charge < -0.3 is 5.32 Å². The van der Waals surface area contributed by atoms with Gasteiger partial charge in [-0.25, -0.2) is 9.78 Å². The van der Waals surface area contributed by atoms with Crippen molar-refractivity contribution in [2.45, 2.75) is 31.0 Å². The van der Waals surface area contributed by atoms with Crippen molar-refractivity contribution in [2.75, 3.05) is 6.54 Å². The first-order valence-corrected chi connectivity index (χ1v) is 7.51. The van der Waals surface area contributed by atoms with E-state index in [2.05, 4.69) is 15.6 Å². The van der Waals surface area contributed by atoms with E-state index in [9.17, 15) is 9.59 Å². The van der Waals surface area contributed by atoms with Gasteiger partial charge in [0.15, 0.2) is 0 Å². The van der Waals surface area contributed by atoms with E-state index < -0.39 is 11.3 Å². The van der Waals surface area contributed by atoms with Crippen LogP contribution in [0.25, 0.3) is 0 Å². The minimum atomic E-state index is -0.483. The Morgan fingerprint density at radius 1 is 1.40 bits per heavy atom. The molecule has 7 heteroatoms. The largest absolute Gasteiger partial charge is 0.338 e. The molecule has 1 heterocycles. The van der Waals surface area contributed by atoms with E-state index in [4.69, 9.17) is 11.6 Å². The van der Waals surface area contributed by atoms with Crippen LogP contribution in [0.2, 0.25) is 5.02 Å². The van der Waals surface area contributed by atoms with Crippen molar-refractivity contribution in [3.05, 3.63) is 23.4 Å². The highest BCUT2D eigenvalue weighted by molar-refractivity contribution is 8.00. The molecule has 0 bridgehead atoms. The van der Waals surface area contributed by atoms with E-state index in [1.54, 1.807) is 25.3 Å². The number of halogens is 1. The van der Waals surface area contributed by atoms with E-state index in [0.29, 0.717) is 22.5 Å². The van der Waals surface area contributed by atoms with E-state index in [0.717, 1.165) is 0 Å². The zero-order valence-electron chi connectivity index (χ0n) is 11.6. The minimum Gasteiger partial charge on any atom is -0.338 e. The third-order valence-corrected chi connectivity index (χ3v) is 3.82. The summed E-state index contributed by atoms with van der Waals surface area (Å²) in [4.78, 5) is 27.4. The fourth-order valence-electron chi connectivity index (χ4n) is 1.23. The molecule has 1 aromatic heterocycles. The molecule has 0 saturated heterocycles. The Kier molecular flexibility index (Phi) is 6.81. The summed E-state index contributed by atoms with van der Waals surface area (Å²) in [5.41, 5.74) is 0. The quantitative estimate of drug-likeness (QED) is 0.820. The number of urea groups is 1. The monoisotopic (exact) mass is 315 g/mol. The molecule has 0 aliphatic heterocycles. The van der Waals surface area contributed by atoms with E-state index >= 15 is 0 Å². The van der Waals surface area contributed by atoms with Crippen LogP contribution < -0.4 is 10.6 Å². The molecule has 0 aliphatic rings. The number of hydrogen-bond acceptors (Lipinski definition) is 4. The number of thioether (sulfide) groups is 1. The third-order valence-electron chi connectivity index (χ3n) is 2.29. The highest BCUT2D eigenvalue weighted by atomic mass is 35.5. The van der Waals surface area contributed by atoms with Gasteiger partial charge in [0.1, 0.15) is 5.03 Å². The van der Waals surface area contributed by atoms with Gasteiger partial charge in [-0.3, -0.25) is 10.1 Å². The molecule has 0 saturated carbocycles. The molecule has 1 atom stereocenters. The standard InChI is InChI=1S/C13H18ClN3O2S/c1-8(2)7-16-13(19)17-11(18)9(3)20-12-10(14)5-4-6-15-12/h4-6,8-9H,7H2,1-3H3,(H2,16,17,18,19). The molecule has 1 rings (SSSR count). The Bertz CT molecular complexity index is 482. The van der Waals surface area contributed by atoms with Gasteiger partial charge in [-0.1, -0.05) is 37.2 Å². The summed E-state index contributed by atoms with van der Waals surface area (Å²) in [5.74, 6) is -0.0482. The van der Waals surface area contributed by atoms with Crippen LogP contribution in [0.15, 0.2) is 23.4 Å². The zero-order valence-corrected chi connectivity index (χ0v) is 13.2. The van der Waals surface area contributed by atoms with Gasteiger partial charge >= 0.3 is 6.03 Å². The van der Waals surface area contributed by atoms with Crippen LogP contribution in [0.3, 0.4) is 0 Å². The van der Waals surface area contributed by atoms with E-state index in [1.807, 2.05) is 13.8 Å². The smallest absolute Gasteiger partial charge is 0.321 e. The molecule has 2 N–H and O–H groups in total. The Morgan fingerprint density at radius 3 is 2.70 bits per heavy atom. The maximum atomic E-state index is 11.9. The summed E-state index contributed by atoms with van der Waals surface area (Å²) in [6, 6.07) is 2.94. The summed E-state index contributed by atoms with van der Waals surface area (Å²) in [7, 11) is 0. The maximum absolute atomic E-state index is 11.9. The minimum absolute atomic E-state index is 0.329. The topological polar surface area (TPSA) is 71.1 Å². The molecular formula is C13H18ClN3O2S. The summed E-state index contributed by atoms with van der Waals surface area (Å²) in [6.07, 6.45) is 1.61. The molecule has 1 aromatic rings.